The van der Waals surface area contributed by atoms with Gasteiger partial charge in [-0.15, -0.1) is 0 Å². The van der Waals surface area contributed by atoms with Crippen molar-refractivity contribution in [3.63, 3.8) is 0 Å². The molecule has 5 heteroatoms. The molecule has 0 saturated heterocycles. The highest BCUT2D eigenvalue weighted by Crippen LogP contribution is 2.53. The van der Waals surface area contributed by atoms with Crippen molar-refractivity contribution in [1.82, 2.24) is 4.57 Å². The third kappa shape index (κ3) is 5.00. The lowest BCUT2D eigenvalue weighted by Gasteiger charge is -2.33. The summed E-state index contributed by atoms with van der Waals surface area (Å²) in [7, 11) is 2.19. The number of benzene rings is 8. The average Bonchev–Trinajstić information content (AvgIpc) is 3.56. The van der Waals surface area contributed by atoms with Crippen molar-refractivity contribution in [2.24, 2.45) is 0 Å². The quantitative estimate of drug-likeness (QED) is 0.179. The summed E-state index contributed by atoms with van der Waals surface area (Å²) in [5.41, 5.74) is 14.6. The molecule has 2 aliphatic rings. The van der Waals surface area contributed by atoms with Crippen LogP contribution in [0.15, 0.2) is 202 Å². The summed E-state index contributed by atoms with van der Waals surface area (Å²) in [5.74, 6) is 0. The molecule has 8 aromatic carbocycles. The molecule has 0 radical (unpaired) electrons. The van der Waals surface area contributed by atoms with E-state index in [-0.39, 0.29) is 0 Å². The molecule has 11 rings (SSSR count). The fourth-order valence-electron chi connectivity index (χ4n) is 8.15. The molecule has 256 valence electrons. The van der Waals surface area contributed by atoms with Gasteiger partial charge in [-0.3, -0.25) is 0 Å². The second-order valence-corrected chi connectivity index (χ2v) is 16.0. The highest BCUT2D eigenvalue weighted by molar-refractivity contribution is 8.00. The predicted octanol–water partition coefficient (Wildman–Crippen LogP) is 14.3. The number of hydrogen-bond donors (Lipinski definition) is 0. The number of hydrogen-bond acceptors (Lipinski definition) is 4. The van der Waals surface area contributed by atoms with Crippen molar-refractivity contribution in [3.05, 3.63) is 182 Å². The molecule has 0 N–H and O–H groups in total. The first-order valence-electron chi connectivity index (χ1n) is 18.2. The lowest BCUT2D eigenvalue weighted by Crippen LogP contribution is -2.15. The predicted molar refractivity (Wildman–Crippen MR) is 229 cm³/mol. The molecule has 9 aromatic rings. The van der Waals surface area contributed by atoms with Gasteiger partial charge in [-0.1, -0.05) is 115 Å². The lowest BCUT2D eigenvalue weighted by atomic mass is 10.0. The lowest BCUT2D eigenvalue weighted by molar-refractivity contribution is 1.11. The Balaban J connectivity index is 0.947. The van der Waals surface area contributed by atoms with Crippen molar-refractivity contribution in [1.29, 1.82) is 0 Å². The van der Waals surface area contributed by atoms with Crippen molar-refractivity contribution in [2.45, 2.75) is 19.6 Å². The zero-order valence-electron chi connectivity index (χ0n) is 29.5. The van der Waals surface area contributed by atoms with Gasteiger partial charge >= 0.3 is 0 Å². The van der Waals surface area contributed by atoms with Crippen molar-refractivity contribution in [2.75, 3.05) is 16.8 Å². The van der Waals surface area contributed by atoms with Gasteiger partial charge in [0, 0.05) is 48.8 Å². The van der Waals surface area contributed by atoms with Gasteiger partial charge in [0.2, 0.25) is 0 Å². The van der Waals surface area contributed by atoms with Crippen LogP contribution in [0.5, 0.6) is 0 Å². The van der Waals surface area contributed by atoms with E-state index in [0.29, 0.717) is 0 Å². The fourth-order valence-corrected chi connectivity index (χ4v) is 10.5. The zero-order chi connectivity index (χ0) is 35.8. The minimum atomic E-state index is 1.17. The van der Waals surface area contributed by atoms with Crippen molar-refractivity contribution >= 4 is 73.8 Å². The maximum Gasteiger partial charge on any atom is 0.0602 e. The third-order valence-electron chi connectivity index (χ3n) is 10.8. The number of fused-ring (bicyclic) bond motifs is 7. The first-order valence-corrected chi connectivity index (χ1v) is 19.9. The van der Waals surface area contributed by atoms with Gasteiger partial charge in [0.05, 0.1) is 33.8 Å². The molecule has 0 aliphatic carbocycles. The summed E-state index contributed by atoms with van der Waals surface area (Å²) in [6, 6.07) is 66.5. The van der Waals surface area contributed by atoms with Gasteiger partial charge in [-0.05, 0) is 113 Å². The molecular formula is C49H33N3S2. The average molecular weight is 728 g/mol. The van der Waals surface area contributed by atoms with Gasteiger partial charge in [0.1, 0.15) is 0 Å². The Labute approximate surface area is 323 Å². The van der Waals surface area contributed by atoms with Gasteiger partial charge in [0.15, 0.2) is 0 Å². The number of para-hydroxylation sites is 4. The van der Waals surface area contributed by atoms with E-state index in [9.17, 15) is 0 Å². The molecule has 0 bridgehead atoms. The topological polar surface area (TPSA) is 11.4 Å². The number of nitrogens with zero attached hydrogens (tertiary/aromatic N) is 3. The number of anilines is 5. The van der Waals surface area contributed by atoms with E-state index in [4.69, 9.17) is 0 Å². The summed E-state index contributed by atoms with van der Waals surface area (Å²) in [4.78, 5) is 9.78. The first kappa shape index (κ1) is 31.4. The maximum absolute atomic E-state index is 2.39. The Kier molecular flexibility index (Phi) is 7.26. The Morgan fingerprint density at radius 2 is 0.833 bits per heavy atom. The van der Waals surface area contributed by atoms with Crippen LogP contribution in [0.4, 0.5) is 28.4 Å². The highest BCUT2D eigenvalue weighted by Gasteiger charge is 2.26. The Hall–Kier alpha value is -6.14. The molecular weight excluding hydrogens is 695 g/mol. The Morgan fingerprint density at radius 3 is 1.54 bits per heavy atom. The number of rotatable bonds is 4. The molecule has 2 aliphatic heterocycles. The monoisotopic (exact) mass is 727 g/mol. The van der Waals surface area contributed by atoms with Crippen LogP contribution in [0, 0.1) is 0 Å². The smallest absolute Gasteiger partial charge is 0.0602 e. The maximum atomic E-state index is 2.39. The van der Waals surface area contributed by atoms with Crippen molar-refractivity contribution in [3.8, 4) is 27.9 Å². The summed E-state index contributed by atoms with van der Waals surface area (Å²) in [5, 5.41) is 2.53. The Morgan fingerprint density at radius 1 is 0.352 bits per heavy atom. The molecule has 1 aromatic heterocycles. The normalized spacial score (nSPS) is 13.1. The molecule has 0 spiro atoms. The minimum absolute atomic E-state index is 1.17. The van der Waals surface area contributed by atoms with Gasteiger partial charge in [-0.2, -0.15) is 0 Å². The highest BCUT2D eigenvalue weighted by atomic mass is 32.2. The van der Waals surface area contributed by atoms with Gasteiger partial charge < -0.3 is 14.4 Å². The molecule has 54 heavy (non-hydrogen) atoms. The first-order chi connectivity index (χ1) is 26.7. The largest absolute Gasteiger partial charge is 0.343 e. The van der Waals surface area contributed by atoms with E-state index in [1.54, 1.807) is 0 Å². The molecule has 0 fully saturated rings. The molecule has 0 atom stereocenters. The van der Waals surface area contributed by atoms with Crippen LogP contribution in [0.3, 0.4) is 0 Å². The van der Waals surface area contributed by atoms with E-state index in [0.717, 1.165) is 0 Å². The van der Waals surface area contributed by atoms with Crippen molar-refractivity contribution < 1.29 is 0 Å². The van der Waals surface area contributed by atoms with Crippen LogP contribution in [0.2, 0.25) is 0 Å². The minimum Gasteiger partial charge on any atom is -0.343 e. The summed E-state index contributed by atoms with van der Waals surface area (Å²) < 4.78 is 2.38. The van der Waals surface area contributed by atoms with E-state index in [2.05, 4.69) is 203 Å². The zero-order valence-corrected chi connectivity index (χ0v) is 31.1. The van der Waals surface area contributed by atoms with Crippen LogP contribution >= 0.6 is 23.5 Å². The fraction of sp³-hybridized carbons (Fsp3) is 0.0204. The summed E-state index contributed by atoms with van der Waals surface area (Å²) >= 11 is 3.72. The Bertz CT molecular complexity index is 2920. The summed E-state index contributed by atoms with van der Waals surface area (Å²) in [6.45, 7) is 0. The molecule has 0 saturated carbocycles. The number of aromatic nitrogens is 1. The van der Waals surface area contributed by atoms with E-state index < -0.39 is 0 Å². The van der Waals surface area contributed by atoms with Crippen LogP contribution in [0.1, 0.15) is 0 Å². The standard InChI is InChI=1S/C49H33N3S2/c1-50-42-25-21-33(32-20-24-41-39(28-32)38-16-8-9-17-40(38)51(41)36-12-4-2-5-13-36)29-47(42)54-48-30-34(22-26-43(48)50)35-23-27-45-49(31-35)53-46-19-11-10-18-44(46)52(45)37-14-6-3-7-15-37/h2-31H,1H3. The van der Waals surface area contributed by atoms with E-state index >= 15 is 0 Å². The molecule has 3 heterocycles. The second kappa shape index (κ2) is 12.5. The summed E-state index contributed by atoms with van der Waals surface area (Å²) in [6.07, 6.45) is 0. The van der Waals surface area contributed by atoms with Crippen LogP contribution in [-0.2, 0) is 0 Å². The molecule has 0 amide bonds. The van der Waals surface area contributed by atoms with Crippen LogP contribution in [0.25, 0.3) is 49.7 Å². The van der Waals surface area contributed by atoms with E-state index in [1.165, 1.54) is 97.8 Å². The third-order valence-corrected chi connectivity index (χ3v) is 13.0. The molecule has 3 nitrogen and oxygen atoms in total. The van der Waals surface area contributed by atoms with Gasteiger partial charge in [-0.25, -0.2) is 0 Å². The van der Waals surface area contributed by atoms with Crippen LogP contribution in [-0.4, -0.2) is 11.6 Å². The van der Waals surface area contributed by atoms with Gasteiger partial charge in [0.25, 0.3) is 0 Å². The SMILES string of the molecule is CN1c2ccc(-c3ccc4c(c3)Sc3ccccc3N4c3ccccc3)cc2Sc2cc(-c3ccc4c(c3)c3ccccc3n4-c3ccccc3)ccc21. The molecule has 0 unspecified atom stereocenters. The van der Waals surface area contributed by atoms with Crippen LogP contribution < -0.4 is 9.80 Å². The van der Waals surface area contributed by atoms with E-state index in [1.807, 2.05) is 23.5 Å². The second-order valence-electron chi connectivity index (χ2n) is 13.9.